The summed E-state index contributed by atoms with van der Waals surface area (Å²) in [5.74, 6) is -0.0982. The van der Waals surface area contributed by atoms with Crippen LogP contribution in [0.2, 0.25) is 0 Å². The molecule has 0 atom stereocenters. The molecule has 0 unspecified atom stereocenters. The molecule has 0 aliphatic rings. The molecule has 0 amide bonds. The van der Waals surface area contributed by atoms with Crippen molar-refractivity contribution in [2.45, 2.75) is 11.8 Å². The smallest absolute Gasteiger partial charge is 0.872 e. The number of nitrogens with one attached hydrogen (secondary N) is 1. The summed E-state index contributed by atoms with van der Waals surface area (Å²) >= 11 is 0. The molecule has 16 heteroatoms. The zero-order valence-corrected chi connectivity index (χ0v) is 25.4. The standard InChI is InChI=1S/C20H18N5O7S2.2Na/c1-13-11-16(7-10-20(13)26)23-22-15-5-3-14(4-6-15)21-18-9-8-17(12-19(18)25(27)28)34(31,32)24-33(2,29)30;;/h3-12H,1-2H3,(H,21,23)(H,22,26);;/q-1;2*+1/p-1. The van der Waals surface area contributed by atoms with Crippen molar-refractivity contribution < 1.29 is 86.0 Å². The first-order valence-electron chi connectivity index (χ1n) is 9.38. The summed E-state index contributed by atoms with van der Waals surface area (Å²) in [5.41, 5.74) is 1.35. The number of hydrogen-bond donors (Lipinski definition) is 1. The predicted molar refractivity (Wildman–Crippen MR) is 123 cm³/mol. The van der Waals surface area contributed by atoms with E-state index in [2.05, 4.69) is 19.7 Å². The minimum atomic E-state index is -4.64. The van der Waals surface area contributed by atoms with Gasteiger partial charge in [-0.1, -0.05) is 11.6 Å². The number of azo groups is 1. The van der Waals surface area contributed by atoms with Gasteiger partial charge >= 0.3 is 59.1 Å². The molecule has 3 aromatic carbocycles. The quantitative estimate of drug-likeness (QED) is 0.147. The van der Waals surface area contributed by atoms with Gasteiger partial charge in [-0.2, -0.15) is 10.2 Å². The molecule has 0 aliphatic heterocycles. The molecule has 3 aromatic rings. The van der Waals surface area contributed by atoms with Crippen molar-refractivity contribution in [3.8, 4) is 5.75 Å². The fraction of sp³-hybridized carbons (Fsp3) is 0.100. The van der Waals surface area contributed by atoms with Crippen LogP contribution >= 0.6 is 0 Å². The summed E-state index contributed by atoms with van der Waals surface area (Å²) in [4.78, 5) is 10.0. The number of rotatable bonds is 8. The molecule has 12 nitrogen and oxygen atoms in total. The molecule has 0 fully saturated rings. The van der Waals surface area contributed by atoms with Gasteiger partial charge in [0.2, 0.25) is 0 Å². The van der Waals surface area contributed by atoms with Crippen LogP contribution < -0.4 is 69.5 Å². The Morgan fingerprint density at radius 2 is 1.47 bits per heavy atom. The summed E-state index contributed by atoms with van der Waals surface area (Å²) in [7, 11) is -8.87. The van der Waals surface area contributed by atoms with Crippen molar-refractivity contribution >= 4 is 48.5 Å². The second kappa shape index (κ2) is 13.1. The van der Waals surface area contributed by atoms with Crippen LogP contribution in [0.1, 0.15) is 5.56 Å². The predicted octanol–water partition coefficient (Wildman–Crippen LogP) is -1.83. The third kappa shape index (κ3) is 8.90. The van der Waals surface area contributed by atoms with Crippen molar-refractivity contribution in [2.24, 2.45) is 10.2 Å². The van der Waals surface area contributed by atoms with E-state index >= 15 is 0 Å². The summed E-state index contributed by atoms with van der Waals surface area (Å²) in [6.07, 6.45) is 0.599. The van der Waals surface area contributed by atoms with E-state index in [1.165, 1.54) is 6.07 Å². The Morgan fingerprint density at radius 1 is 0.889 bits per heavy atom. The zero-order valence-electron chi connectivity index (χ0n) is 19.7. The van der Waals surface area contributed by atoms with Gasteiger partial charge in [0.1, 0.15) is 15.7 Å². The molecule has 0 aromatic heterocycles. The third-order valence-electron chi connectivity index (χ3n) is 4.28. The first kappa shape index (κ1) is 32.1. The van der Waals surface area contributed by atoms with Gasteiger partial charge < -0.3 is 14.6 Å². The average molecular weight is 549 g/mol. The maximum absolute atomic E-state index is 12.1. The fourth-order valence-corrected chi connectivity index (χ4v) is 5.00. The van der Waals surface area contributed by atoms with Crippen LogP contribution in [0.5, 0.6) is 5.75 Å². The molecule has 0 saturated heterocycles. The van der Waals surface area contributed by atoms with Gasteiger partial charge in [-0.3, -0.25) is 10.1 Å². The summed E-state index contributed by atoms with van der Waals surface area (Å²) < 4.78 is 49.4. The number of nitro benzene ring substituents is 1. The molecule has 0 aliphatic carbocycles. The molecule has 0 spiro atoms. The van der Waals surface area contributed by atoms with Crippen molar-refractivity contribution in [3.63, 3.8) is 0 Å². The number of hydrogen-bond acceptors (Lipinski definition) is 10. The SMILES string of the molecule is Cc1cc(N=Nc2ccc(Nc3ccc(S(=O)(=O)[N-]S(C)(=O)=O)cc3[N+](=O)[O-])cc2)ccc1[O-].[Na+].[Na+]. The van der Waals surface area contributed by atoms with E-state index in [1.807, 2.05) is 0 Å². The molecular formula is C20H17N5Na2O7S2. The number of nitrogens with zero attached hydrogens (tertiary/aromatic N) is 4. The topological polar surface area (TPSA) is 185 Å². The van der Waals surface area contributed by atoms with Crippen LogP contribution in [0, 0.1) is 17.0 Å². The van der Waals surface area contributed by atoms with Crippen LogP contribution in [0.15, 0.2) is 75.8 Å². The second-order valence-electron chi connectivity index (χ2n) is 7.04. The number of anilines is 2. The first-order chi connectivity index (χ1) is 15.8. The van der Waals surface area contributed by atoms with Crippen molar-refractivity contribution in [2.75, 3.05) is 11.6 Å². The molecular weight excluding hydrogens is 532 g/mol. The normalized spacial score (nSPS) is 11.4. The van der Waals surface area contributed by atoms with Crippen LogP contribution in [-0.2, 0) is 20.0 Å². The van der Waals surface area contributed by atoms with Gasteiger partial charge in [-0.25, -0.2) is 16.8 Å². The van der Waals surface area contributed by atoms with E-state index in [1.54, 1.807) is 43.3 Å². The molecule has 0 heterocycles. The van der Waals surface area contributed by atoms with E-state index in [0.717, 1.165) is 18.2 Å². The van der Waals surface area contributed by atoms with Gasteiger partial charge in [-0.15, -0.1) is 5.75 Å². The average Bonchev–Trinajstić information content (AvgIpc) is 2.74. The Bertz CT molecular complexity index is 1500. The van der Waals surface area contributed by atoms with Crippen molar-refractivity contribution in [1.82, 2.24) is 0 Å². The van der Waals surface area contributed by atoms with Crippen LogP contribution in [0.4, 0.5) is 28.4 Å². The largest absolute Gasteiger partial charge is 1.00 e. The maximum Gasteiger partial charge on any atom is 1.00 e. The summed E-state index contributed by atoms with van der Waals surface area (Å²) in [5, 5.41) is 33.8. The minimum absolute atomic E-state index is 0. The molecule has 0 saturated carbocycles. The van der Waals surface area contributed by atoms with E-state index in [4.69, 9.17) is 0 Å². The Hall–Kier alpha value is -1.88. The van der Waals surface area contributed by atoms with Crippen LogP contribution in [-0.4, -0.2) is 28.0 Å². The van der Waals surface area contributed by atoms with Gasteiger partial charge in [0, 0.05) is 18.0 Å². The number of sulfonamides is 2. The summed E-state index contributed by atoms with van der Waals surface area (Å²) in [6.45, 7) is 1.67. The van der Waals surface area contributed by atoms with Crippen molar-refractivity contribution in [1.29, 1.82) is 0 Å². The molecule has 1 N–H and O–H groups in total. The number of benzene rings is 3. The van der Waals surface area contributed by atoms with Gasteiger partial charge in [0.25, 0.3) is 5.69 Å². The Labute approximate surface area is 252 Å². The maximum atomic E-state index is 12.1. The Morgan fingerprint density at radius 3 is 2.03 bits per heavy atom. The molecule has 36 heavy (non-hydrogen) atoms. The Kier molecular flexibility index (Phi) is 11.7. The minimum Gasteiger partial charge on any atom is -0.872 e. The molecule has 3 rings (SSSR count). The second-order valence-corrected chi connectivity index (χ2v) is 10.5. The van der Waals surface area contributed by atoms with Gasteiger partial charge in [0.15, 0.2) is 0 Å². The fourth-order valence-electron chi connectivity index (χ4n) is 2.73. The van der Waals surface area contributed by atoms with Gasteiger partial charge in [-0.05, 0) is 55.5 Å². The zero-order chi connectivity index (χ0) is 25.1. The van der Waals surface area contributed by atoms with E-state index in [0.29, 0.717) is 28.9 Å². The number of aryl methyl sites for hydroxylation is 1. The monoisotopic (exact) mass is 549 g/mol. The van der Waals surface area contributed by atoms with Crippen molar-refractivity contribution in [3.05, 3.63) is 80.5 Å². The summed E-state index contributed by atoms with van der Waals surface area (Å²) in [6, 6.07) is 13.8. The number of nitro groups is 1. The van der Waals surface area contributed by atoms with E-state index in [9.17, 15) is 32.1 Å². The molecule has 178 valence electrons. The third-order valence-corrected chi connectivity index (χ3v) is 7.00. The van der Waals surface area contributed by atoms with Gasteiger partial charge in [0.05, 0.1) is 31.2 Å². The van der Waals surface area contributed by atoms with Crippen LogP contribution in [0.3, 0.4) is 0 Å². The van der Waals surface area contributed by atoms with E-state index in [-0.39, 0.29) is 70.6 Å². The van der Waals surface area contributed by atoms with E-state index < -0.39 is 35.6 Å². The molecule has 0 radical (unpaired) electrons. The molecule has 0 bridgehead atoms. The van der Waals surface area contributed by atoms with Crippen LogP contribution in [0.25, 0.3) is 4.13 Å². The Balaban J connectivity index is 0.00000324. The first-order valence-corrected chi connectivity index (χ1v) is 12.7.